The highest BCUT2D eigenvalue weighted by atomic mass is 35.5. The highest BCUT2D eigenvalue weighted by molar-refractivity contribution is 6.31. The number of carbonyl (C=O) groups excluding carboxylic acids is 3. The average Bonchev–Trinajstić information content (AvgIpc) is 2.40. The van der Waals surface area contributed by atoms with E-state index in [1.807, 2.05) is 0 Å². The van der Waals surface area contributed by atoms with E-state index < -0.39 is 29.4 Å². The first-order valence-corrected chi connectivity index (χ1v) is 6.34. The summed E-state index contributed by atoms with van der Waals surface area (Å²) in [7, 11) is 1.13. The van der Waals surface area contributed by atoms with Crippen molar-refractivity contribution in [2.75, 3.05) is 12.4 Å². The Balaban J connectivity index is 3.19. The maximum Gasteiger partial charge on any atom is 0.316 e. The second-order valence-corrected chi connectivity index (χ2v) is 4.73. The Morgan fingerprint density at radius 3 is 2.52 bits per heavy atom. The van der Waals surface area contributed by atoms with E-state index in [4.69, 9.17) is 11.6 Å². The number of esters is 1. The fraction of sp³-hybridized carbons (Fsp3) is 0.385. The minimum atomic E-state index is -1.17. The number of hydrogen-bond donors (Lipinski definition) is 1. The largest absolute Gasteiger partial charge is 0.468 e. The Morgan fingerprint density at radius 2 is 2.05 bits per heavy atom. The molecule has 0 aliphatic rings. The molecule has 1 aromatic heterocycles. The van der Waals surface area contributed by atoms with Gasteiger partial charge in [0.05, 0.1) is 12.1 Å². The van der Waals surface area contributed by atoms with E-state index in [0.717, 1.165) is 13.3 Å². The van der Waals surface area contributed by atoms with E-state index in [2.05, 4.69) is 15.0 Å². The van der Waals surface area contributed by atoms with Crippen LogP contribution in [0.25, 0.3) is 0 Å². The Labute approximate surface area is 125 Å². The van der Waals surface area contributed by atoms with Gasteiger partial charge < -0.3 is 10.1 Å². The van der Waals surface area contributed by atoms with Gasteiger partial charge in [-0.25, -0.2) is 9.37 Å². The molecule has 8 heteroatoms. The average molecular weight is 317 g/mol. The Hall–Kier alpha value is -2.02. The van der Waals surface area contributed by atoms with Crippen LogP contribution < -0.4 is 5.32 Å². The predicted molar refractivity (Wildman–Crippen MR) is 73.4 cm³/mol. The molecule has 0 fully saturated rings. The molecule has 0 aliphatic heterocycles. The van der Waals surface area contributed by atoms with E-state index >= 15 is 0 Å². The number of Topliss-reactive ketones (excluding diaryl/α,β-unsaturated/α-hetero) is 1. The minimum absolute atomic E-state index is 0.0447. The van der Waals surface area contributed by atoms with Crippen molar-refractivity contribution in [3.63, 3.8) is 0 Å². The summed E-state index contributed by atoms with van der Waals surface area (Å²) in [5.41, 5.74) is -0.0824. The lowest BCUT2D eigenvalue weighted by atomic mass is 9.96. The Kier molecular flexibility index (Phi) is 5.78. The zero-order chi connectivity index (χ0) is 16.2. The van der Waals surface area contributed by atoms with E-state index in [1.165, 1.54) is 13.8 Å². The molecule has 0 radical (unpaired) electrons. The maximum atomic E-state index is 14.3. The van der Waals surface area contributed by atoms with Gasteiger partial charge in [-0.1, -0.05) is 11.6 Å². The highest BCUT2D eigenvalue weighted by Gasteiger charge is 2.28. The normalized spacial score (nSPS) is 11.7. The molecule has 1 unspecified atom stereocenters. The number of hydrogen-bond acceptors (Lipinski definition) is 5. The van der Waals surface area contributed by atoms with Crippen LogP contribution in [0.15, 0.2) is 6.20 Å². The zero-order valence-electron chi connectivity index (χ0n) is 11.7. The SMILES string of the molecule is COC(=O)C(Cc1c(Cl)cnc(NC(C)=O)c1F)C(C)=O. The van der Waals surface area contributed by atoms with Crippen molar-refractivity contribution in [1.29, 1.82) is 0 Å². The summed E-state index contributed by atoms with van der Waals surface area (Å²) in [5, 5.41) is 2.16. The molecule has 1 rings (SSSR count). The molecule has 0 aromatic carbocycles. The lowest BCUT2D eigenvalue weighted by Gasteiger charge is -2.14. The third kappa shape index (κ3) is 4.22. The number of ketones is 1. The Bertz CT molecular complexity index is 592. The van der Waals surface area contributed by atoms with Gasteiger partial charge in [0.1, 0.15) is 11.7 Å². The van der Waals surface area contributed by atoms with Crippen molar-refractivity contribution in [2.45, 2.75) is 20.3 Å². The van der Waals surface area contributed by atoms with Gasteiger partial charge in [-0.15, -0.1) is 0 Å². The summed E-state index contributed by atoms with van der Waals surface area (Å²) < 4.78 is 18.8. The minimum Gasteiger partial charge on any atom is -0.468 e. The number of anilines is 1. The number of halogens is 2. The molecule has 21 heavy (non-hydrogen) atoms. The molecule has 1 amide bonds. The number of ether oxygens (including phenoxy) is 1. The molecular weight excluding hydrogens is 303 g/mol. The molecule has 114 valence electrons. The van der Waals surface area contributed by atoms with Gasteiger partial charge in [0, 0.05) is 18.7 Å². The molecule has 1 N–H and O–H groups in total. The molecule has 1 heterocycles. The molecule has 0 saturated carbocycles. The second kappa shape index (κ2) is 7.12. The van der Waals surface area contributed by atoms with Crippen molar-refractivity contribution < 1.29 is 23.5 Å². The molecular formula is C13H14ClFN2O4. The quantitative estimate of drug-likeness (QED) is 0.661. The second-order valence-electron chi connectivity index (χ2n) is 4.32. The fourth-order valence-corrected chi connectivity index (χ4v) is 1.89. The number of rotatable bonds is 5. The summed E-state index contributed by atoms with van der Waals surface area (Å²) in [6, 6.07) is 0. The summed E-state index contributed by atoms with van der Waals surface area (Å²) in [6.07, 6.45) is 0.863. The van der Waals surface area contributed by atoms with Crippen LogP contribution in [0.5, 0.6) is 0 Å². The molecule has 0 bridgehead atoms. The predicted octanol–water partition coefficient (Wildman–Crippen LogP) is 1.75. The molecule has 0 spiro atoms. The van der Waals surface area contributed by atoms with Gasteiger partial charge in [-0.3, -0.25) is 14.4 Å². The molecule has 1 aromatic rings. The summed E-state index contributed by atoms with van der Waals surface area (Å²) >= 11 is 5.86. The first kappa shape index (κ1) is 17.0. The van der Waals surface area contributed by atoms with Crippen LogP contribution >= 0.6 is 11.6 Å². The van der Waals surface area contributed by atoms with Crippen molar-refractivity contribution in [2.24, 2.45) is 5.92 Å². The van der Waals surface area contributed by atoms with E-state index in [9.17, 15) is 18.8 Å². The summed E-state index contributed by atoms with van der Waals surface area (Å²) in [6.45, 7) is 2.39. The maximum absolute atomic E-state index is 14.3. The van der Waals surface area contributed by atoms with Gasteiger partial charge in [0.25, 0.3) is 0 Å². The topological polar surface area (TPSA) is 85.4 Å². The molecule has 0 aliphatic carbocycles. The van der Waals surface area contributed by atoms with Crippen molar-refractivity contribution in [1.82, 2.24) is 4.98 Å². The van der Waals surface area contributed by atoms with Crippen LogP contribution in [-0.2, 0) is 25.5 Å². The van der Waals surface area contributed by atoms with Crippen molar-refractivity contribution >= 4 is 35.1 Å². The summed E-state index contributed by atoms with van der Waals surface area (Å²) in [4.78, 5) is 37.7. The van der Waals surface area contributed by atoms with Crippen LogP contribution in [0.4, 0.5) is 10.2 Å². The Morgan fingerprint density at radius 1 is 1.43 bits per heavy atom. The molecule has 0 saturated heterocycles. The molecule has 1 atom stereocenters. The van der Waals surface area contributed by atoms with Crippen LogP contribution in [-0.4, -0.2) is 29.8 Å². The van der Waals surface area contributed by atoms with E-state index in [0.29, 0.717) is 0 Å². The number of carbonyl (C=O) groups is 3. The van der Waals surface area contributed by atoms with Crippen LogP contribution in [0, 0.1) is 11.7 Å². The first-order chi connectivity index (χ1) is 9.77. The van der Waals surface area contributed by atoms with Crippen molar-refractivity contribution in [3.05, 3.63) is 22.6 Å². The standard InChI is InChI=1S/C13H14ClFN2O4/c1-6(18)8(13(20)21-3)4-9-10(14)5-16-12(11(9)15)17-7(2)19/h5,8H,4H2,1-3H3,(H,16,17,19). The monoisotopic (exact) mass is 316 g/mol. The van der Waals surface area contributed by atoms with Gasteiger partial charge >= 0.3 is 5.97 Å². The first-order valence-electron chi connectivity index (χ1n) is 5.96. The third-order valence-corrected chi connectivity index (χ3v) is 3.07. The van der Waals surface area contributed by atoms with E-state index in [-0.39, 0.29) is 22.8 Å². The number of nitrogens with zero attached hydrogens (tertiary/aromatic N) is 1. The van der Waals surface area contributed by atoms with Gasteiger partial charge in [0.15, 0.2) is 11.6 Å². The molecule has 6 nitrogen and oxygen atoms in total. The van der Waals surface area contributed by atoms with Crippen LogP contribution in [0.3, 0.4) is 0 Å². The van der Waals surface area contributed by atoms with Crippen LogP contribution in [0.1, 0.15) is 19.4 Å². The number of aromatic nitrogens is 1. The number of amides is 1. The van der Waals surface area contributed by atoms with Gasteiger partial charge in [-0.2, -0.15) is 0 Å². The van der Waals surface area contributed by atoms with Gasteiger partial charge in [0.2, 0.25) is 5.91 Å². The fourth-order valence-electron chi connectivity index (χ4n) is 1.68. The lowest BCUT2D eigenvalue weighted by Crippen LogP contribution is -2.26. The number of nitrogens with one attached hydrogen (secondary N) is 1. The summed E-state index contributed by atoms with van der Waals surface area (Å²) in [5.74, 6) is -4.13. The van der Waals surface area contributed by atoms with Crippen molar-refractivity contribution in [3.8, 4) is 0 Å². The third-order valence-electron chi connectivity index (χ3n) is 2.75. The zero-order valence-corrected chi connectivity index (χ0v) is 12.5. The number of methoxy groups -OCH3 is 1. The number of pyridine rings is 1. The smallest absolute Gasteiger partial charge is 0.316 e. The lowest BCUT2D eigenvalue weighted by molar-refractivity contribution is -0.148. The van der Waals surface area contributed by atoms with E-state index in [1.54, 1.807) is 0 Å². The highest BCUT2D eigenvalue weighted by Crippen LogP contribution is 2.26. The van der Waals surface area contributed by atoms with Crippen LogP contribution in [0.2, 0.25) is 5.02 Å². The van der Waals surface area contributed by atoms with Gasteiger partial charge in [-0.05, 0) is 13.3 Å².